The molecule has 2 aromatic carbocycles. The number of phenols is 2. The highest BCUT2D eigenvalue weighted by Crippen LogP contribution is 2.15. The standard InChI is InChI=1S/2C6H5NO3.C5H9NO2/c2*8-6-3-1-5(2-4-6)7(9)10;7-5(8)4-2-1-3-6-4/h2*1-4,8H;4,6H,1-3H2,(H,7,8)/t;;4-/m..0/s1. The quantitative estimate of drug-likeness (QED) is 0.483. The average Bonchev–Trinajstić information content (AvgIpc) is 3.19. The molecule has 0 bridgehead atoms. The van der Waals surface area contributed by atoms with Gasteiger partial charge in [-0.2, -0.15) is 0 Å². The van der Waals surface area contributed by atoms with Crippen molar-refractivity contribution in [3.63, 3.8) is 0 Å². The zero-order chi connectivity index (χ0) is 21.1. The largest absolute Gasteiger partial charge is 0.544 e. The van der Waals surface area contributed by atoms with Crippen molar-refractivity contribution in [1.29, 1.82) is 0 Å². The monoisotopic (exact) mass is 393 g/mol. The number of nitro benzene ring substituents is 2. The summed E-state index contributed by atoms with van der Waals surface area (Å²) >= 11 is 0. The number of quaternary nitrogens is 1. The molecule has 1 saturated heterocycles. The lowest BCUT2D eigenvalue weighted by molar-refractivity contribution is -0.664. The van der Waals surface area contributed by atoms with Gasteiger partial charge in [0.05, 0.1) is 22.4 Å². The van der Waals surface area contributed by atoms with E-state index in [0.29, 0.717) is 0 Å². The van der Waals surface area contributed by atoms with Crippen molar-refractivity contribution in [3.05, 3.63) is 68.8 Å². The van der Waals surface area contributed by atoms with E-state index in [1.165, 1.54) is 48.5 Å². The van der Waals surface area contributed by atoms with Gasteiger partial charge >= 0.3 is 0 Å². The Morgan fingerprint density at radius 1 is 0.893 bits per heavy atom. The molecule has 150 valence electrons. The number of hydrogen-bond acceptors (Lipinski definition) is 8. The Morgan fingerprint density at radius 2 is 1.29 bits per heavy atom. The molecule has 0 saturated carbocycles. The van der Waals surface area contributed by atoms with Crippen LogP contribution in [0.2, 0.25) is 0 Å². The van der Waals surface area contributed by atoms with Gasteiger partial charge in [-0.1, -0.05) is 0 Å². The van der Waals surface area contributed by atoms with E-state index in [1.807, 2.05) is 5.32 Å². The number of aromatic hydroxyl groups is 2. The number of nitro groups is 2. The van der Waals surface area contributed by atoms with Crippen LogP contribution in [-0.2, 0) is 4.79 Å². The number of non-ortho nitro benzene ring substituents is 2. The highest BCUT2D eigenvalue weighted by atomic mass is 16.6. The molecular weight excluding hydrogens is 374 g/mol. The molecule has 4 N–H and O–H groups in total. The number of hydrogen-bond donors (Lipinski definition) is 3. The molecule has 0 unspecified atom stereocenters. The highest BCUT2D eigenvalue weighted by Gasteiger charge is 2.18. The van der Waals surface area contributed by atoms with Gasteiger partial charge in [0.25, 0.3) is 11.4 Å². The predicted octanol–water partition coefficient (Wildman–Crippen LogP) is 0.0629. The molecule has 3 rings (SSSR count). The topological polar surface area (TPSA) is 183 Å². The fourth-order valence-electron chi connectivity index (χ4n) is 2.14. The number of nitrogens with zero attached hydrogens (tertiary/aromatic N) is 2. The van der Waals surface area contributed by atoms with Crippen LogP contribution in [0.25, 0.3) is 0 Å². The second-order valence-electron chi connectivity index (χ2n) is 5.64. The molecule has 1 fully saturated rings. The van der Waals surface area contributed by atoms with Crippen molar-refractivity contribution in [2.45, 2.75) is 18.9 Å². The maximum Gasteiger partial charge on any atom is 0.269 e. The van der Waals surface area contributed by atoms with Crippen LogP contribution in [0.1, 0.15) is 12.8 Å². The molecule has 0 amide bonds. The van der Waals surface area contributed by atoms with Gasteiger partial charge in [0.2, 0.25) is 0 Å². The van der Waals surface area contributed by atoms with Gasteiger partial charge in [-0.05, 0) is 24.3 Å². The number of rotatable bonds is 3. The first-order valence-electron chi connectivity index (χ1n) is 8.11. The van der Waals surface area contributed by atoms with Crippen LogP contribution < -0.4 is 10.4 Å². The van der Waals surface area contributed by atoms with Gasteiger partial charge in [-0.15, -0.1) is 0 Å². The Morgan fingerprint density at radius 3 is 1.50 bits per heavy atom. The Kier molecular flexibility index (Phi) is 8.83. The number of phenolic OH excluding ortho intramolecular Hbond substituents is 2. The van der Waals surface area contributed by atoms with Gasteiger partial charge in [-0.25, -0.2) is 0 Å². The fourth-order valence-corrected chi connectivity index (χ4v) is 2.14. The third-order valence-corrected chi connectivity index (χ3v) is 3.59. The molecule has 28 heavy (non-hydrogen) atoms. The lowest BCUT2D eigenvalue weighted by Gasteiger charge is -2.05. The number of carboxylic acid groups (broad SMARTS) is 1. The summed E-state index contributed by atoms with van der Waals surface area (Å²) in [6, 6.07) is 9.83. The smallest absolute Gasteiger partial charge is 0.269 e. The summed E-state index contributed by atoms with van der Waals surface area (Å²) in [4.78, 5) is 29.1. The summed E-state index contributed by atoms with van der Waals surface area (Å²) < 4.78 is 0. The first-order chi connectivity index (χ1) is 13.2. The summed E-state index contributed by atoms with van der Waals surface area (Å²) in [7, 11) is 0. The van der Waals surface area contributed by atoms with Crippen molar-refractivity contribution in [1.82, 2.24) is 0 Å². The van der Waals surface area contributed by atoms with Crippen LogP contribution in [0.5, 0.6) is 11.5 Å². The molecule has 1 atom stereocenters. The second-order valence-corrected chi connectivity index (χ2v) is 5.64. The average molecular weight is 393 g/mol. The molecule has 0 spiro atoms. The zero-order valence-corrected chi connectivity index (χ0v) is 14.6. The molecule has 2 aromatic rings. The summed E-state index contributed by atoms with van der Waals surface area (Å²) in [5.74, 6) is -0.848. The van der Waals surface area contributed by atoms with E-state index < -0.39 is 15.8 Å². The summed E-state index contributed by atoms with van der Waals surface area (Å²) in [5, 5.41) is 49.4. The lowest BCUT2D eigenvalue weighted by Crippen LogP contribution is -2.89. The van der Waals surface area contributed by atoms with Crippen LogP contribution >= 0.6 is 0 Å². The summed E-state index contributed by atoms with van der Waals surface area (Å²) in [5.41, 5.74) is -0.0319. The van der Waals surface area contributed by atoms with E-state index in [1.54, 1.807) is 0 Å². The van der Waals surface area contributed by atoms with Crippen LogP contribution in [-0.4, -0.2) is 38.6 Å². The van der Waals surface area contributed by atoms with E-state index in [2.05, 4.69) is 0 Å². The van der Waals surface area contributed by atoms with E-state index in [9.17, 15) is 30.1 Å². The summed E-state index contributed by atoms with van der Waals surface area (Å²) in [6.45, 7) is 0.943. The predicted molar refractivity (Wildman–Crippen MR) is 94.3 cm³/mol. The molecule has 1 heterocycles. The number of carbonyl (C=O) groups excluding carboxylic acids is 1. The number of benzene rings is 2. The zero-order valence-electron chi connectivity index (χ0n) is 14.6. The number of nitrogens with two attached hydrogens (primary N) is 1. The van der Waals surface area contributed by atoms with Crippen LogP contribution in [0.3, 0.4) is 0 Å². The maximum absolute atomic E-state index is 10.1. The lowest BCUT2D eigenvalue weighted by atomic mass is 10.2. The third kappa shape index (κ3) is 8.10. The molecule has 1 aliphatic rings. The fraction of sp³-hybridized carbons (Fsp3) is 0.235. The number of carbonyl (C=O) groups is 1. The van der Waals surface area contributed by atoms with Crippen LogP contribution in [0.15, 0.2) is 48.5 Å². The highest BCUT2D eigenvalue weighted by molar-refractivity contribution is 5.69. The molecule has 11 heteroatoms. The minimum Gasteiger partial charge on any atom is -0.544 e. The Labute approximate surface area is 159 Å². The van der Waals surface area contributed by atoms with Gasteiger partial charge < -0.3 is 25.4 Å². The van der Waals surface area contributed by atoms with Crippen molar-refractivity contribution in [2.75, 3.05) is 6.54 Å². The first kappa shape index (κ1) is 22.3. The Balaban J connectivity index is 0.000000212. The maximum atomic E-state index is 10.1. The molecule has 11 nitrogen and oxygen atoms in total. The van der Waals surface area contributed by atoms with Gasteiger partial charge in [-0.3, -0.25) is 20.2 Å². The third-order valence-electron chi connectivity index (χ3n) is 3.59. The van der Waals surface area contributed by atoms with Gasteiger partial charge in [0.15, 0.2) is 0 Å². The molecule has 0 aliphatic carbocycles. The first-order valence-corrected chi connectivity index (χ1v) is 8.11. The summed E-state index contributed by atoms with van der Waals surface area (Å²) in [6.07, 6.45) is 1.79. The van der Waals surface area contributed by atoms with Gasteiger partial charge in [0.1, 0.15) is 17.5 Å². The molecule has 0 aromatic heterocycles. The Bertz CT molecular complexity index is 732. The van der Waals surface area contributed by atoms with E-state index >= 15 is 0 Å². The normalized spacial score (nSPS) is 14.6. The Hall–Kier alpha value is -3.73. The van der Waals surface area contributed by atoms with Crippen molar-refractivity contribution in [2.24, 2.45) is 0 Å². The number of carboxylic acids is 1. The van der Waals surface area contributed by atoms with Crippen molar-refractivity contribution in [3.8, 4) is 11.5 Å². The van der Waals surface area contributed by atoms with Crippen LogP contribution in [0, 0.1) is 20.2 Å². The van der Waals surface area contributed by atoms with Crippen molar-refractivity contribution >= 4 is 17.3 Å². The SMILES string of the molecule is O=C([O-])[C@@H]1CCC[NH2+]1.O=[N+]([O-])c1ccc(O)cc1.O=[N+]([O-])c1ccc(O)cc1. The van der Waals surface area contributed by atoms with Gasteiger partial charge in [0, 0.05) is 37.1 Å². The molecular formula is C17H19N3O8. The van der Waals surface area contributed by atoms with E-state index in [-0.39, 0.29) is 28.9 Å². The second kappa shape index (κ2) is 11.1. The molecule has 0 radical (unpaired) electrons. The molecule has 1 aliphatic heterocycles. The minimum atomic E-state index is -0.914. The van der Waals surface area contributed by atoms with E-state index in [4.69, 9.17) is 10.2 Å². The van der Waals surface area contributed by atoms with Crippen LogP contribution in [0.4, 0.5) is 11.4 Å². The number of aliphatic carboxylic acids is 1. The minimum absolute atomic E-state index is 0.0159. The van der Waals surface area contributed by atoms with Crippen molar-refractivity contribution < 1.29 is 35.3 Å². The van der Waals surface area contributed by atoms with E-state index in [0.717, 1.165) is 19.4 Å².